The molecule has 5 nitrogen and oxygen atoms in total. The van der Waals surface area contributed by atoms with E-state index in [1.54, 1.807) is 20.8 Å². The lowest BCUT2D eigenvalue weighted by molar-refractivity contribution is 0.0429. The van der Waals surface area contributed by atoms with Crippen LogP contribution in [0, 0.1) is 19.8 Å². The van der Waals surface area contributed by atoms with E-state index in [1.165, 1.54) is 6.20 Å². The first-order valence-electron chi connectivity index (χ1n) is 7.02. The molecule has 5 heteroatoms. The van der Waals surface area contributed by atoms with E-state index < -0.39 is 5.60 Å². The maximum absolute atomic E-state index is 12.1. The van der Waals surface area contributed by atoms with Crippen LogP contribution in [-0.4, -0.2) is 33.1 Å². The summed E-state index contributed by atoms with van der Waals surface area (Å²) < 4.78 is 0. The lowest BCUT2D eigenvalue weighted by atomic mass is 9.95. The van der Waals surface area contributed by atoms with Crippen molar-refractivity contribution in [3.05, 3.63) is 23.3 Å². The number of hydrogen-bond donors (Lipinski definition) is 2. The number of aliphatic hydroxyl groups is 1. The fraction of sp³-hybridized carbons (Fsp3) is 0.667. The normalized spacial score (nSPS) is 14.2. The van der Waals surface area contributed by atoms with Crippen LogP contribution >= 0.6 is 0 Å². The zero-order chi connectivity index (χ0) is 15.3. The lowest BCUT2D eigenvalue weighted by Crippen LogP contribution is -2.41. The molecule has 0 saturated carbocycles. The molecule has 0 aliphatic rings. The van der Waals surface area contributed by atoms with Gasteiger partial charge in [-0.15, -0.1) is 0 Å². The van der Waals surface area contributed by atoms with Crippen LogP contribution in [0.1, 0.15) is 55.5 Å². The van der Waals surface area contributed by atoms with Gasteiger partial charge in [0, 0.05) is 12.7 Å². The average Bonchev–Trinajstić information content (AvgIpc) is 2.34. The van der Waals surface area contributed by atoms with Crippen molar-refractivity contribution in [1.82, 2.24) is 15.3 Å². The standard InChI is InChI=1S/C15H25N3O2/c1-10(2)6-7-15(5,20)9-17-14(19)13-8-16-12(4)18-11(13)3/h8,10,20H,6-7,9H2,1-5H3,(H,17,19). The third kappa shape index (κ3) is 5.25. The van der Waals surface area contributed by atoms with Crippen LogP contribution in [0.15, 0.2) is 6.20 Å². The molecule has 112 valence electrons. The van der Waals surface area contributed by atoms with Crippen LogP contribution in [0.4, 0.5) is 0 Å². The zero-order valence-electron chi connectivity index (χ0n) is 13.0. The van der Waals surface area contributed by atoms with Crippen LogP contribution < -0.4 is 5.32 Å². The van der Waals surface area contributed by atoms with Crippen LogP contribution in [0.25, 0.3) is 0 Å². The first-order chi connectivity index (χ1) is 9.21. The van der Waals surface area contributed by atoms with E-state index in [2.05, 4.69) is 29.1 Å². The Bertz CT molecular complexity index is 470. The van der Waals surface area contributed by atoms with E-state index in [-0.39, 0.29) is 12.5 Å². The Morgan fingerprint density at radius 1 is 1.45 bits per heavy atom. The highest BCUT2D eigenvalue weighted by Gasteiger charge is 2.22. The summed E-state index contributed by atoms with van der Waals surface area (Å²) >= 11 is 0. The highest BCUT2D eigenvalue weighted by Crippen LogP contribution is 2.15. The number of hydrogen-bond acceptors (Lipinski definition) is 4. The molecule has 0 aromatic carbocycles. The van der Waals surface area contributed by atoms with E-state index in [0.29, 0.717) is 29.4 Å². The minimum Gasteiger partial charge on any atom is -0.388 e. The number of nitrogens with zero attached hydrogens (tertiary/aromatic N) is 2. The van der Waals surface area contributed by atoms with Gasteiger partial charge in [0.05, 0.1) is 16.9 Å². The molecule has 0 saturated heterocycles. The smallest absolute Gasteiger partial charge is 0.254 e. The van der Waals surface area contributed by atoms with Gasteiger partial charge in [0.2, 0.25) is 0 Å². The Labute approximate surface area is 120 Å². The molecule has 20 heavy (non-hydrogen) atoms. The summed E-state index contributed by atoms with van der Waals surface area (Å²) in [6.45, 7) is 9.76. The highest BCUT2D eigenvalue weighted by molar-refractivity contribution is 5.94. The van der Waals surface area contributed by atoms with Crippen LogP contribution in [0.3, 0.4) is 0 Å². The van der Waals surface area contributed by atoms with Crippen molar-refractivity contribution < 1.29 is 9.90 Å². The lowest BCUT2D eigenvalue weighted by Gasteiger charge is -2.24. The van der Waals surface area contributed by atoms with Crippen LogP contribution in [0.5, 0.6) is 0 Å². The summed E-state index contributed by atoms with van der Waals surface area (Å²) in [5, 5.41) is 13.0. The summed E-state index contributed by atoms with van der Waals surface area (Å²) in [6, 6.07) is 0. The number of carbonyl (C=O) groups excluding carboxylic acids is 1. The van der Waals surface area contributed by atoms with Crippen molar-refractivity contribution in [2.24, 2.45) is 5.92 Å². The largest absolute Gasteiger partial charge is 0.388 e. The van der Waals surface area contributed by atoms with Gasteiger partial charge in [-0.3, -0.25) is 4.79 Å². The molecule has 0 bridgehead atoms. The van der Waals surface area contributed by atoms with Gasteiger partial charge in [-0.1, -0.05) is 13.8 Å². The second-order valence-corrected chi connectivity index (χ2v) is 6.03. The number of nitrogens with one attached hydrogen (secondary N) is 1. The molecule has 0 spiro atoms. The Balaban J connectivity index is 2.58. The van der Waals surface area contributed by atoms with Crippen LogP contribution in [0.2, 0.25) is 0 Å². The van der Waals surface area contributed by atoms with Crippen molar-refractivity contribution >= 4 is 5.91 Å². The molecule has 0 radical (unpaired) electrons. The van der Waals surface area contributed by atoms with Gasteiger partial charge in [-0.05, 0) is 39.5 Å². The topological polar surface area (TPSA) is 75.1 Å². The van der Waals surface area contributed by atoms with E-state index in [0.717, 1.165) is 6.42 Å². The third-order valence-corrected chi connectivity index (χ3v) is 3.23. The molecule has 1 aromatic rings. The van der Waals surface area contributed by atoms with Gasteiger partial charge in [0.25, 0.3) is 5.91 Å². The van der Waals surface area contributed by atoms with E-state index >= 15 is 0 Å². The van der Waals surface area contributed by atoms with Crippen molar-refractivity contribution in [1.29, 1.82) is 0 Å². The molecule has 1 atom stereocenters. The second kappa shape index (κ2) is 6.79. The molecule has 1 unspecified atom stereocenters. The molecule has 1 aromatic heterocycles. The average molecular weight is 279 g/mol. The van der Waals surface area contributed by atoms with Crippen molar-refractivity contribution in [3.63, 3.8) is 0 Å². The zero-order valence-corrected chi connectivity index (χ0v) is 13.0. The Hall–Kier alpha value is -1.49. The van der Waals surface area contributed by atoms with Crippen LogP contribution in [-0.2, 0) is 0 Å². The van der Waals surface area contributed by atoms with Gasteiger partial charge in [0.1, 0.15) is 5.82 Å². The number of aryl methyl sites for hydroxylation is 2. The van der Waals surface area contributed by atoms with Crippen molar-refractivity contribution in [2.45, 2.75) is 53.1 Å². The molecule has 1 rings (SSSR count). The van der Waals surface area contributed by atoms with E-state index in [9.17, 15) is 9.90 Å². The summed E-state index contributed by atoms with van der Waals surface area (Å²) in [5.41, 5.74) is 0.214. The molecule has 0 aliphatic carbocycles. The minimum atomic E-state index is -0.889. The molecule has 2 N–H and O–H groups in total. The van der Waals surface area contributed by atoms with Gasteiger partial charge >= 0.3 is 0 Å². The van der Waals surface area contributed by atoms with Gasteiger partial charge < -0.3 is 10.4 Å². The first-order valence-corrected chi connectivity index (χ1v) is 7.02. The fourth-order valence-corrected chi connectivity index (χ4v) is 1.86. The number of aromatic nitrogens is 2. The number of amides is 1. The number of carbonyl (C=O) groups is 1. The molecular formula is C15H25N3O2. The minimum absolute atomic E-state index is 0.228. The summed E-state index contributed by atoms with van der Waals surface area (Å²) in [6.07, 6.45) is 3.11. The Morgan fingerprint density at radius 3 is 2.65 bits per heavy atom. The summed E-state index contributed by atoms with van der Waals surface area (Å²) in [5.74, 6) is 0.931. The Kier molecular flexibility index (Phi) is 5.62. The predicted molar refractivity (Wildman–Crippen MR) is 78.5 cm³/mol. The fourth-order valence-electron chi connectivity index (χ4n) is 1.86. The van der Waals surface area contributed by atoms with E-state index in [4.69, 9.17) is 0 Å². The molecule has 0 fully saturated rings. The van der Waals surface area contributed by atoms with E-state index in [1.807, 2.05) is 0 Å². The second-order valence-electron chi connectivity index (χ2n) is 6.03. The van der Waals surface area contributed by atoms with Gasteiger partial charge in [-0.2, -0.15) is 0 Å². The highest BCUT2D eigenvalue weighted by atomic mass is 16.3. The van der Waals surface area contributed by atoms with Crippen molar-refractivity contribution in [2.75, 3.05) is 6.54 Å². The Morgan fingerprint density at radius 2 is 2.10 bits per heavy atom. The molecule has 0 aliphatic heterocycles. The molecule has 1 heterocycles. The van der Waals surface area contributed by atoms with Gasteiger partial charge in [-0.25, -0.2) is 9.97 Å². The maximum Gasteiger partial charge on any atom is 0.254 e. The monoisotopic (exact) mass is 279 g/mol. The summed E-state index contributed by atoms with van der Waals surface area (Å²) in [4.78, 5) is 20.3. The molecular weight excluding hydrogens is 254 g/mol. The van der Waals surface area contributed by atoms with Gasteiger partial charge in [0.15, 0.2) is 0 Å². The SMILES string of the molecule is Cc1ncc(C(=O)NCC(C)(O)CCC(C)C)c(C)n1. The van der Waals surface area contributed by atoms with Crippen molar-refractivity contribution in [3.8, 4) is 0 Å². The quantitative estimate of drug-likeness (QED) is 0.835. The molecule has 1 amide bonds. The third-order valence-electron chi connectivity index (χ3n) is 3.23. The number of rotatable bonds is 6. The predicted octanol–water partition coefficient (Wildman–Crippen LogP) is 2.01. The summed E-state index contributed by atoms with van der Waals surface area (Å²) in [7, 11) is 0. The maximum atomic E-state index is 12.1. The first kappa shape index (κ1) is 16.6.